The maximum absolute atomic E-state index is 5.44. The van der Waals surface area contributed by atoms with Crippen molar-refractivity contribution < 1.29 is 4.52 Å². The highest BCUT2D eigenvalue weighted by molar-refractivity contribution is 5.48. The standard InChI is InChI=1S/C20H23N5O/c1-15-6-8-17(9-7-15)25-12-11-24(16(2)13-25)14-19-22-20(23-26-19)18-5-3-4-10-21-18/h3-10,16H,11-14H2,1-2H3/t16-/m0/s1. The van der Waals surface area contributed by atoms with Crippen LogP contribution in [-0.4, -0.2) is 45.7 Å². The van der Waals surface area contributed by atoms with Crippen LogP contribution in [0, 0.1) is 6.92 Å². The lowest BCUT2D eigenvalue weighted by atomic mass is 10.1. The molecule has 6 nitrogen and oxygen atoms in total. The van der Waals surface area contributed by atoms with Crippen LogP contribution in [0.3, 0.4) is 0 Å². The summed E-state index contributed by atoms with van der Waals surface area (Å²) < 4.78 is 5.44. The number of hydrogen-bond donors (Lipinski definition) is 0. The fraction of sp³-hybridized carbons (Fsp3) is 0.350. The highest BCUT2D eigenvalue weighted by Crippen LogP contribution is 2.21. The molecule has 6 heteroatoms. The quantitative estimate of drug-likeness (QED) is 0.721. The van der Waals surface area contributed by atoms with Crippen LogP contribution in [-0.2, 0) is 6.54 Å². The van der Waals surface area contributed by atoms with E-state index >= 15 is 0 Å². The van der Waals surface area contributed by atoms with Gasteiger partial charge in [0.15, 0.2) is 0 Å². The predicted molar refractivity (Wildman–Crippen MR) is 101 cm³/mol. The molecule has 26 heavy (non-hydrogen) atoms. The summed E-state index contributed by atoms with van der Waals surface area (Å²) in [6, 6.07) is 14.8. The van der Waals surface area contributed by atoms with Crippen molar-refractivity contribution >= 4 is 5.69 Å². The average Bonchev–Trinajstić information content (AvgIpc) is 3.13. The average molecular weight is 349 g/mol. The molecule has 1 aliphatic heterocycles. The van der Waals surface area contributed by atoms with Crippen LogP contribution < -0.4 is 4.90 Å². The van der Waals surface area contributed by atoms with Crippen LogP contribution in [0.4, 0.5) is 5.69 Å². The normalized spacial score (nSPS) is 18.2. The number of hydrogen-bond acceptors (Lipinski definition) is 6. The summed E-state index contributed by atoms with van der Waals surface area (Å²) >= 11 is 0. The Morgan fingerprint density at radius 3 is 2.69 bits per heavy atom. The Bertz CT molecular complexity index is 846. The Kier molecular flexibility index (Phi) is 4.67. The molecule has 0 N–H and O–H groups in total. The van der Waals surface area contributed by atoms with E-state index in [1.807, 2.05) is 18.2 Å². The van der Waals surface area contributed by atoms with E-state index in [0.29, 0.717) is 24.3 Å². The van der Waals surface area contributed by atoms with Gasteiger partial charge in [-0.15, -0.1) is 0 Å². The molecule has 0 spiro atoms. The van der Waals surface area contributed by atoms with E-state index in [9.17, 15) is 0 Å². The van der Waals surface area contributed by atoms with Gasteiger partial charge in [-0.2, -0.15) is 4.98 Å². The van der Waals surface area contributed by atoms with Gasteiger partial charge in [-0.05, 0) is 38.1 Å². The molecular formula is C20H23N5O. The Hall–Kier alpha value is -2.73. The van der Waals surface area contributed by atoms with Crippen molar-refractivity contribution in [1.82, 2.24) is 20.0 Å². The summed E-state index contributed by atoms with van der Waals surface area (Å²) in [4.78, 5) is 13.6. The summed E-state index contributed by atoms with van der Waals surface area (Å²) in [5.74, 6) is 1.19. The lowest BCUT2D eigenvalue weighted by Gasteiger charge is -2.40. The lowest BCUT2D eigenvalue weighted by Crippen LogP contribution is -2.51. The van der Waals surface area contributed by atoms with Gasteiger partial charge in [0.05, 0.1) is 6.54 Å². The van der Waals surface area contributed by atoms with Gasteiger partial charge in [0.25, 0.3) is 0 Å². The zero-order chi connectivity index (χ0) is 17.9. The zero-order valence-corrected chi connectivity index (χ0v) is 15.2. The molecule has 4 rings (SSSR count). The van der Waals surface area contributed by atoms with Crippen LogP contribution in [0.2, 0.25) is 0 Å². The minimum absolute atomic E-state index is 0.412. The van der Waals surface area contributed by atoms with Crippen molar-refractivity contribution in [3.63, 3.8) is 0 Å². The highest BCUT2D eigenvalue weighted by atomic mass is 16.5. The molecule has 0 unspecified atom stereocenters. The van der Waals surface area contributed by atoms with Crippen LogP contribution in [0.1, 0.15) is 18.4 Å². The lowest BCUT2D eigenvalue weighted by molar-refractivity contribution is 0.159. The van der Waals surface area contributed by atoms with E-state index < -0.39 is 0 Å². The Morgan fingerprint density at radius 1 is 1.12 bits per heavy atom. The van der Waals surface area contributed by atoms with Crippen molar-refractivity contribution in [3.8, 4) is 11.5 Å². The third-order valence-corrected chi connectivity index (χ3v) is 4.86. The van der Waals surface area contributed by atoms with Crippen molar-refractivity contribution in [2.75, 3.05) is 24.5 Å². The molecule has 1 saturated heterocycles. The topological polar surface area (TPSA) is 58.3 Å². The molecule has 1 aromatic carbocycles. The Labute approximate surface area is 153 Å². The molecule has 134 valence electrons. The van der Waals surface area contributed by atoms with Crippen LogP contribution >= 0.6 is 0 Å². The van der Waals surface area contributed by atoms with Gasteiger partial charge >= 0.3 is 0 Å². The third-order valence-electron chi connectivity index (χ3n) is 4.86. The summed E-state index contributed by atoms with van der Waals surface area (Å²) in [6.07, 6.45) is 1.73. The molecule has 1 fully saturated rings. The first-order valence-corrected chi connectivity index (χ1v) is 8.99. The minimum Gasteiger partial charge on any atom is -0.369 e. The number of rotatable bonds is 4. The molecule has 0 bridgehead atoms. The van der Waals surface area contributed by atoms with Crippen LogP contribution in [0.5, 0.6) is 0 Å². The molecular weight excluding hydrogens is 326 g/mol. The van der Waals surface area contributed by atoms with E-state index in [0.717, 1.165) is 25.3 Å². The minimum atomic E-state index is 0.412. The number of benzene rings is 1. The Morgan fingerprint density at radius 2 is 1.96 bits per heavy atom. The van der Waals surface area contributed by atoms with Gasteiger partial charge < -0.3 is 9.42 Å². The second-order valence-corrected chi connectivity index (χ2v) is 6.83. The molecule has 0 amide bonds. The first-order valence-electron chi connectivity index (χ1n) is 8.99. The fourth-order valence-electron chi connectivity index (χ4n) is 3.31. The number of nitrogens with zero attached hydrogens (tertiary/aromatic N) is 5. The zero-order valence-electron chi connectivity index (χ0n) is 15.2. The monoisotopic (exact) mass is 349 g/mol. The number of aromatic nitrogens is 3. The van der Waals surface area contributed by atoms with Gasteiger partial charge in [0.1, 0.15) is 5.69 Å². The largest absolute Gasteiger partial charge is 0.369 e. The molecule has 0 aliphatic carbocycles. The van der Waals surface area contributed by atoms with E-state index in [4.69, 9.17) is 4.52 Å². The molecule has 2 aromatic heterocycles. The third kappa shape index (κ3) is 3.60. The summed E-state index contributed by atoms with van der Waals surface area (Å²) in [6.45, 7) is 7.99. The first-order chi connectivity index (χ1) is 12.7. The predicted octanol–water partition coefficient (Wildman–Crippen LogP) is 3.15. The summed E-state index contributed by atoms with van der Waals surface area (Å²) in [7, 11) is 0. The van der Waals surface area contributed by atoms with E-state index in [2.05, 4.69) is 63.0 Å². The van der Waals surface area contributed by atoms with Gasteiger partial charge in [-0.3, -0.25) is 9.88 Å². The van der Waals surface area contributed by atoms with Crippen LogP contribution in [0.25, 0.3) is 11.5 Å². The number of anilines is 1. The summed E-state index contributed by atoms with van der Waals surface area (Å²) in [5, 5.41) is 4.06. The molecule has 3 heterocycles. The first kappa shape index (κ1) is 16.7. The van der Waals surface area contributed by atoms with Gasteiger partial charge in [-0.1, -0.05) is 28.9 Å². The second-order valence-electron chi connectivity index (χ2n) is 6.83. The van der Waals surface area contributed by atoms with Crippen molar-refractivity contribution in [2.24, 2.45) is 0 Å². The molecule has 0 radical (unpaired) electrons. The fourth-order valence-corrected chi connectivity index (χ4v) is 3.31. The van der Waals surface area contributed by atoms with Gasteiger partial charge in [0, 0.05) is 37.6 Å². The maximum Gasteiger partial charge on any atom is 0.241 e. The number of piperazine rings is 1. The van der Waals surface area contributed by atoms with Crippen LogP contribution in [0.15, 0.2) is 53.2 Å². The molecule has 1 aliphatic rings. The van der Waals surface area contributed by atoms with E-state index in [1.54, 1.807) is 6.20 Å². The van der Waals surface area contributed by atoms with Crippen molar-refractivity contribution in [1.29, 1.82) is 0 Å². The second kappa shape index (κ2) is 7.25. The molecule has 1 atom stereocenters. The van der Waals surface area contributed by atoms with Gasteiger partial charge in [0.2, 0.25) is 11.7 Å². The van der Waals surface area contributed by atoms with Gasteiger partial charge in [-0.25, -0.2) is 0 Å². The highest BCUT2D eigenvalue weighted by Gasteiger charge is 2.25. The molecule has 0 saturated carbocycles. The Balaban J connectivity index is 1.39. The SMILES string of the molecule is Cc1ccc(N2CCN(Cc3nc(-c4ccccn4)no3)[C@@H](C)C2)cc1. The number of aryl methyl sites for hydroxylation is 1. The maximum atomic E-state index is 5.44. The number of pyridine rings is 1. The van der Waals surface area contributed by atoms with Crippen molar-refractivity contribution in [3.05, 3.63) is 60.1 Å². The van der Waals surface area contributed by atoms with Crippen molar-refractivity contribution in [2.45, 2.75) is 26.4 Å². The van der Waals surface area contributed by atoms with E-state index in [-0.39, 0.29) is 0 Å². The van der Waals surface area contributed by atoms with E-state index in [1.165, 1.54) is 11.3 Å². The summed E-state index contributed by atoms with van der Waals surface area (Å²) in [5.41, 5.74) is 3.32. The smallest absolute Gasteiger partial charge is 0.241 e. The molecule has 3 aromatic rings.